The van der Waals surface area contributed by atoms with E-state index in [1.165, 1.54) is 18.4 Å². The highest BCUT2D eigenvalue weighted by Gasteiger charge is 2.34. The first-order valence-corrected chi connectivity index (χ1v) is 4.72. The standard InChI is InChI=1S/C10H16O2/c1-11-7-8-4-5-12-10(6-8)9-2-3-9/h7,9-10H,2-6H2,1H3/b8-7-/t10-/m1/s1. The summed E-state index contributed by atoms with van der Waals surface area (Å²) in [6, 6.07) is 0. The van der Waals surface area contributed by atoms with E-state index in [1.54, 1.807) is 7.11 Å². The van der Waals surface area contributed by atoms with Crippen LogP contribution >= 0.6 is 0 Å². The second-order valence-electron chi connectivity index (χ2n) is 3.71. The van der Waals surface area contributed by atoms with Crippen LogP contribution in [0.5, 0.6) is 0 Å². The molecule has 0 unspecified atom stereocenters. The minimum atomic E-state index is 0.500. The van der Waals surface area contributed by atoms with Gasteiger partial charge in [0.2, 0.25) is 0 Å². The summed E-state index contributed by atoms with van der Waals surface area (Å²) >= 11 is 0. The van der Waals surface area contributed by atoms with E-state index < -0.39 is 0 Å². The third-order valence-electron chi connectivity index (χ3n) is 2.65. The van der Waals surface area contributed by atoms with Crippen LogP contribution in [0.15, 0.2) is 11.8 Å². The zero-order chi connectivity index (χ0) is 8.39. The molecule has 0 aromatic carbocycles. The van der Waals surface area contributed by atoms with Crippen molar-refractivity contribution in [3.8, 4) is 0 Å². The average molecular weight is 168 g/mol. The maximum Gasteiger partial charge on any atom is 0.0818 e. The van der Waals surface area contributed by atoms with Crippen LogP contribution in [0, 0.1) is 5.92 Å². The highest BCUT2D eigenvalue weighted by atomic mass is 16.5. The van der Waals surface area contributed by atoms with Crippen molar-refractivity contribution in [3.63, 3.8) is 0 Å². The lowest BCUT2D eigenvalue weighted by Gasteiger charge is -2.24. The van der Waals surface area contributed by atoms with Crippen LogP contribution in [0.3, 0.4) is 0 Å². The number of ether oxygens (including phenoxy) is 2. The Hall–Kier alpha value is -0.500. The maximum absolute atomic E-state index is 5.68. The van der Waals surface area contributed by atoms with Gasteiger partial charge < -0.3 is 9.47 Å². The molecule has 0 radical (unpaired) electrons. The Balaban J connectivity index is 1.89. The number of hydrogen-bond acceptors (Lipinski definition) is 2. The molecule has 2 heteroatoms. The van der Waals surface area contributed by atoms with Crippen molar-refractivity contribution in [3.05, 3.63) is 11.8 Å². The third-order valence-corrected chi connectivity index (χ3v) is 2.65. The Morgan fingerprint density at radius 3 is 3.00 bits per heavy atom. The van der Waals surface area contributed by atoms with Gasteiger partial charge in [-0.05, 0) is 37.2 Å². The maximum atomic E-state index is 5.68. The van der Waals surface area contributed by atoms with Crippen LogP contribution in [-0.4, -0.2) is 19.8 Å². The SMILES string of the molecule is CO/C=C1/CCO[C@@H](C2CC2)C1. The van der Waals surface area contributed by atoms with Crippen LogP contribution in [0.4, 0.5) is 0 Å². The van der Waals surface area contributed by atoms with Gasteiger partial charge in [0, 0.05) is 0 Å². The molecule has 2 fully saturated rings. The van der Waals surface area contributed by atoms with Gasteiger partial charge in [-0.1, -0.05) is 0 Å². The highest BCUT2D eigenvalue weighted by molar-refractivity contribution is 5.05. The molecule has 1 saturated carbocycles. The predicted octanol–water partition coefficient (Wildman–Crippen LogP) is 2.11. The minimum absolute atomic E-state index is 0.500. The van der Waals surface area contributed by atoms with E-state index in [4.69, 9.17) is 9.47 Å². The average Bonchev–Trinajstić information content (AvgIpc) is 2.88. The van der Waals surface area contributed by atoms with Crippen molar-refractivity contribution in [2.75, 3.05) is 13.7 Å². The quantitative estimate of drug-likeness (QED) is 0.588. The number of methoxy groups -OCH3 is 1. The van der Waals surface area contributed by atoms with E-state index in [1.807, 2.05) is 6.26 Å². The van der Waals surface area contributed by atoms with E-state index in [-0.39, 0.29) is 0 Å². The molecule has 12 heavy (non-hydrogen) atoms. The topological polar surface area (TPSA) is 18.5 Å². The lowest BCUT2D eigenvalue weighted by Crippen LogP contribution is -2.22. The van der Waals surface area contributed by atoms with Crippen molar-refractivity contribution in [1.29, 1.82) is 0 Å². The molecular formula is C10H16O2. The Labute approximate surface area is 73.5 Å². The van der Waals surface area contributed by atoms with E-state index in [9.17, 15) is 0 Å². The zero-order valence-electron chi connectivity index (χ0n) is 7.58. The summed E-state index contributed by atoms with van der Waals surface area (Å²) in [6.45, 7) is 0.885. The first kappa shape index (κ1) is 8.11. The fraction of sp³-hybridized carbons (Fsp3) is 0.800. The van der Waals surface area contributed by atoms with Gasteiger partial charge in [0.25, 0.3) is 0 Å². The smallest absolute Gasteiger partial charge is 0.0818 e. The van der Waals surface area contributed by atoms with Gasteiger partial charge in [0.1, 0.15) is 0 Å². The molecular weight excluding hydrogens is 152 g/mol. The second-order valence-corrected chi connectivity index (χ2v) is 3.71. The van der Waals surface area contributed by atoms with E-state index in [2.05, 4.69) is 0 Å². The lowest BCUT2D eigenvalue weighted by atomic mass is 10.0. The van der Waals surface area contributed by atoms with E-state index in [0.717, 1.165) is 25.4 Å². The van der Waals surface area contributed by atoms with Crippen LogP contribution in [0.2, 0.25) is 0 Å². The molecule has 1 aliphatic heterocycles. The summed E-state index contributed by atoms with van der Waals surface area (Å²) in [5, 5.41) is 0. The molecule has 0 bridgehead atoms. The molecule has 2 nitrogen and oxygen atoms in total. The van der Waals surface area contributed by atoms with Gasteiger partial charge >= 0.3 is 0 Å². The van der Waals surface area contributed by atoms with Crippen LogP contribution in [-0.2, 0) is 9.47 Å². The molecule has 1 heterocycles. The van der Waals surface area contributed by atoms with E-state index >= 15 is 0 Å². The monoisotopic (exact) mass is 168 g/mol. The Morgan fingerprint density at radius 2 is 2.33 bits per heavy atom. The minimum Gasteiger partial charge on any atom is -0.504 e. The molecule has 1 aliphatic carbocycles. The summed E-state index contributed by atoms with van der Waals surface area (Å²) in [7, 11) is 1.72. The molecule has 0 aromatic heterocycles. The summed E-state index contributed by atoms with van der Waals surface area (Å²) in [4.78, 5) is 0. The Bertz CT molecular complexity index is 182. The molecule has 1 saturated heterocycles. The molecule has 2 aliphatic rings. The van der Waals surface area contributed by atoms with Gasteiger partial charge in [-0.25, -0.2) is 0 Å². The predicted molar refractivity (Wildman–Crippen MR) is 46.8 cm³/mol. The van der Waals surface area contributed by atoms with Crippen LogP contribution in [0.1, 0.15) is 25.7 Å². The Kier molecular flexibility index (Phi) is 2.35. The summed E-state index contributed by atoms with van der Waals surface area (Å²) in [6.07, 6.45) is 7.27. The lowest BCUT2D eigenvalue weighted by molar-refractivity contribution is 0.0202. The van der Waals surface area contributed by atoms with Gasteiger partial charge in [-0.2, -0.15) is 0 Å². The fourth-order valence-electron chi connectivity index (χ4n) is 1.81. The summed E-state index contributed by atoms with van der Waals surface area (Å²) in [5.74, 6) is 0.852. The van der Waals surface area contributed by atoms with Crippen molar-refractivity contribution < 1.29 is 9.47 Å². The zero-order valence-corrected chi connectivity index (χ0v) is 7.58. The van der Waals surface area contributed by atoms with Crippen molar-refractivity contribution in [2.45, 2.75) is 31.8 Å². The van der Waals surface area contributed by atoms with Gasteiger partial charge in [0.15, 0.2) is 0 Å². The molecule has 0 N–H and O–H groups in total. The third kappa shape index (κ3) is 1.81. The number of rotatable bonds is 2. The number of hydrogen-bond donors (Lipinski definition) is 0. The molecule has 68 valence electrons. The fourth-order valence-corrected chi connectivity index (χ4v) is 1.81. The molecule has 2 rings (SSSR count). The molecule has 0 amide bonds. The van der Waals surface area contributed by atoms with Crippen LogP contribution < -0.4 is 0 Å². The van der Waals surface area contributed by atoms with Crippen molar-refractivity contribution in [1.82, 2.24) is 0 Å². The second kappa shape index (κ2) is 3.48. The highest BCUT2D eigenvalue weighted by Crippen LogP contribution is 2.39. The first-order chi connectivity index (χ1) is 5.90. The van der Waals surface area contributed by atoms with Gasteiger partial charge in [-0.3, -0.25) is 0 Å². The largest absolute Gasteiger partial charge is 0.504 e. The first-order valence-electron chi connectivity index (χ1n) is 4.72. The van der Waals surface area contributed by atoms with Gasteiger partial charge in [-0.15, -0.1) is 0 Å². The summed E-state index contributed by atoms with van der Waals surface area (Å²) in [5.41, 5.74) is 1.42. The van der Waals surface area contributed by atoms with Crippen LogP contribution in [0.25, 0.3) is 0 Å². The molecule has 0 spiro atoms. The molecule has 0 aromatic rings. The van der Waals surface area contributed by atoms with Crippen molar-refractivity contribution >= 4 is 0 Å². The summed E-state index contributed by atoms with van der Waals surface area (Å²) < 4.78 is 10.7. The molecule has 1 atom stereocenters. The van der Waals surface area contributed by atoms with Gasteiger partial charge in [0.05, 0.1) is 26.1 Å². The Morgan fingerprint density at radius 1 is 1.50 bits per heavy atom. The van der Waals surface area contributed by atoms with Crippen molar-refractivity contribution in [2.24, 2.45) is 5.92 Å². The normalized spacial score (nSPS) is 33.8. The van der Waals surface area contributed by atoms with E-state index in [0.29, 0.717) is 6.10 Å².